The molecular formula is C15H18N4O2. The molecule has 3 rings (SSSR count). The van der Waals surface area contributed by atoms with Gasteiger partial charge in [-0.05, 0) is 19.9 Å². The number of carbonyl (C=O) groups excluding carboxylic acids is 2. The Bertz CT molecular complexity index is 552. The average molecular weight is 286 g/mol. The zero-order chi connectivity index (χ0) is 15.3. The standard InChI is InChI=1S/C15H18N4O2/c1-19-9-13(7-16)11(20)18-12(21)14(8-17,10-19)15(13)5-3-2-4-6-15/h2-6,9-10H2,1H3,(H,18,20,21). The van der Waals surface area contributed by atoms with Gasteiger partial charge in [-0.1, -0.05) is 19.3 Å². The summed E-state index contributed by atoms with van der Waals surface area (Å²) in [5.74, 6) is -1.04. The van der Waals surface area contributed by atoms with Crippen LogP contribution in [0.2, 0.25) is 0 Å². The van der Waals surface area contributed by atoms with Gasteiger partial charge >= 0.3 is 0 Å². The predicted molar refractivity (Wildman–Crippen MR) is 72.3 cm³/mol. The van der Waals surface area contributed by atoms with E-state index in [1.807, 2.05) is 0 Å². The SMILES string of the molecule is CN1CC2(C#N)C(=O)NC(=O)C(C#N)(C1)C21CCCCC1. The molecule has 0 aromatic carbocycles. The third kappa shape index (κ3) is 1.39. The highest BCUT2D eigenvalue weighted by Gasteiger charge is 2.75. The Morgan fingerprint density at radius 1 is 1.00 bits per heavy atom. The molecule has 0 aromatic rings. The van der Waals surface area contributed by atoms with E-state index in [2.05, 4.69) is 17.5 Å². The third-order valence-electron chi connectivity index (χ3n) is 5.74. The Hall–Kier alpha value is -1.92. The molecule has 1 saturated carbocycles. The number of piperidine rings is 2. The molecule has 3 fully saturated rings. The van der Waals surface area contributed by atoms with Crippen molar-refractivity contribution in [1.29, 1.82) is 10.5 Å². The summed E-state index contributed by atoms with van der Waals surface area (Å²) in [6.45, 7) is 0.568. The maximum Gasteiger partial charge on any atom is 0.249 e. The van der Waals surface area contributed by atoms with E-state index >= 15 is 0 Å². The number of nitrogens with zero attached hydrogens (tertiary/aromatic N) is 3. The quantitative estimate of drug-likeness (QED) is 0.656. The lowest BCUT2D eigenvalue weighted by atomic mass is 9.42. The number of rotatable bonds is 0. The summed E-state index contributed by atoms with van der Waals surface area (Å²) in [6, 6.07) is 4.42. The van der Waals surface area contributed by atoms with E-state index in [0.717, 1.165) is 19.3 Å². The molecule has 21 heavy (non-hydrogen) atoms. The van der Waals surface area contributed by atoms with Crippen LogP contribution in [0.4, 0.5) is 0 Å². The van der Waals surface area contributed by atoms with E-state index in [9.17, 15) is 20.1 Å². The van der Waals surface area contributed by atoms with Crippen molar-refractivity contribution in [2.24, 2.45) is 16.2 Å². The summed E-state index contributed by atoms with van der Waals surface area (Å²) >= 11 is 0. The molecule has 110 valence electrons. The highest BCUT2D eigenvalue weighted by molar-refractivity contribution is 6.08. The van der Waals surface area contributed by atoms with Crippen molar-refractivity contribution in [3.63, 3.8) is 0 Å². The van der Waals surface area contributed by atoms with Gasteiger partial charge in [0.15, 0.2) is 10.8 Å². The highest BCUT2D eigenvalue weighted by Crippen LogP contribution is 2.64. The first-order valence-electron chi connectivity index (χ1n) is 7.35. The van der Waals surface area contributed by atoms with Crippen molar-refractivity contribution in [2.45, 2.75) is 32.1 Å². The van der Waals surface area contributed by atoms with Crippen molar-refractivity contribution in [3.05, 3.63) is 0 Å². The number of carbonyl (C=O) groups is 2. The fourth-order valence-corrected chi connectivity index (χ4v) is 4.82. The van der Waals surface area contributed by atoms with E-state index < -0.39 is 28.1 Å². The molecule has 2 bridgehead atoms. The van der Waals surface area contributed by atoms with Crippen LogP contribution in [0.3, 0.4) is 0 Å². The van der Waals surface area contributed by atoms with E-state index in [4.69, 9.17) is 0 Å². The van der Waals surface area contributed by atoms with E-state index in [-0.39, 0.29) is 13.1 Å². The van der Waals surface area contributed by atoms with Gasteiger partial charge in [-0.25, -0.2) is 0 Å². The molecule has 3 aliphatic rings. The van der Waals surface area contributed by atoms with Gasteiger partial charge < -0.3 is 4.90 Å². The van der Waals surface area contributed by atoms with Crippen molar-refractivity contribution in [1.82, 2.24) is 10.2 Å². The molecule has 6 nitrogen and oxygen atoms in total. The predicted octanol–water partition coefficient (Wildman–Crippen LogP) is 0.559. The van der Waals surface area contributed by atoms with E-state index in [1.165, 1.54) is 0 Å². The molecule has 2 atom stereocenters. The molecule has 2 amide bonds. The zero-order valence-electron chi connectivity index (χ0n) is 12.1. The van der Waals surface area contributed by atoms with Gasteiger partial charge in [0, 0.05) is 18.5 Å². The van der Waals surface area contributed by atoms with E-state index in [0.29, 0.717) is 12.8 Å². The van der Waals surface area contributed by atoms with Crippen molar-refractivity contribution in [2.75, 3.05) is 20.1 Å². The van der Waals surface area contributed by atoms with Crippen LogP contribution in [0.1, 0.15) is 32.1 Å². The van der Waals surface area contributed by atoms with E-state index in [1.54, 1.807) is 11.9 Å². The minimum absolute atomic E-state index is 0.284. The summed E-state index contributed by atoms with van der Waals surface area (Å²) in [5, 5.41) is 22.0. The second-order valence-electron chi connectivity index (χ2n) is 6.63. The van der Waals surface area contributed by atoms with Crippen molar-refractivity contribution in [3.8, 4) is 12.1 Å². The summed E-state index contributed by atoms with van der Waals surface area (Å²) < 4.78 is 0. The lowest BCUT2D eigenvalue weighted by molar-refractivity contribution is -0.183. The van der Waals surface area contributed by atoms with Crippen LogP contribution in [0.5, 0.6) is 0 Å². The van der Waals surface area contributed by atoms with Crippen LogP contribution < -0.4 is 5.32 Å². The normalized spacial score (nSPS) is 38.4. The molecule has 0 aromatic heterocycles. The second-order valence-corrected chi connectivity index (χ2v) is 6.63. The molecule has 2 saturated heterocycles. The van der Waals surface area contributed by atoms with Crippen LogP contribution in [-0.4, -0.2) is 36.9 Å². The first-order valence-corrected chi connectivity index (χ1v) is 7.35. The van der Waals surface area contributed by atoms with Crippen LogP contribution in [0.15, 0.2) is 0 Å². The number of imide groups is 1. The summed E-state index contributed by atoms with van der Waals surface area (Å²) in [6.07, 6.45) is 3.94. The number of hydrogen-bond donors (Lipinski definition) is 1. The first-order chi connectivity index (χ1) is 9.98. The van der Waals surface area contributed by atoms with Gasteiger partial charge in [-0.3, -0.25) is 14.9 Å². The topological polar surface area (TPSA) is 97.0 Å². The minimum Gasteiger partial charge on any atom is -0.302 e. The van der Waals surface area contributed by atoms with Gasteiger partial charge in [0.2, 0.25) is 11.8 Å². The second kappa shape index (κ2) is 4.29. The van der Waals surface area contributed by atoms with Crippen molar-refractivity contribution >= 4 is 11.8 Å². The smallest absolute Gasteiger partial charge is 0.249 e. The molecule has 1 spiro atoms. The lowest BCUT2D eigenvalue weighted by Gasteiger charge is -2.62. The lowest BCUT2D eigenvalue weighted by Crippen LogP contribution is -2.77. The highest BCUT2D eigenvalue weighted by atomic mass is 16.2. The van der Waals surface area contributed by atoms with Gasteiger partial charge in [-0.2, -0.15) is 10.5 Å². The Kier molecular flexibility index (Phi) is 2.86. The van der Waals surface area contributed by atoms with Gasteiger partial charge in [0.05, 0.1) is 12.1 Å². The van der Waals surface area contributed by atoms with Gasteiger partial charge in [0.1, 0.15) is 0 Å². The molecule has 2 heterocycles. The number of hydrogen-bond acceptors (Lipinski definition) is 5. The Balaban J connectivity index is 2.30. The summed E-state index contributed by atoms with van der Waals surface area (Å²) in [4.78, 5) is 26.9. The summed E-state index contributed by atoms with van der Waals surface area (Å²) in [5.41, 5.74) is -3.44. The Morgan fingerprint density at radius 2 is 1.48 bits per heavy atom. The summed E-state index contributed by atoms with van der Waals surface area (Å²) in [7, 11) is 1.76. The molecule has 1 aliphatic carbocycles. The number of amides is 2. The van der Waals surface area contributed by atoms with Crippen LogP contribution >= 0.6 is 0 Å². The molecule has 0 radical (unpaired) electrons. The fraction of sp³-hybridized carbons (Fsp3) is 0.733. The third-order valence-corrected chi connectivity index (χ3v) is 5.74. The molecular weight excluding hydrogens is 268 g/mol. The average Bonchev–Trinajstić information content (AvgIpc) is 2.48. The number of nitriles is 2. The van der Waals surface area contributed by atoms with Crippen LogP contribution in [0.25, 0.3) is 0 Å². The molecule has 6 heteroatoms. The maximum absolute atomic E-state index is 12.6. The largest absolute Gasteiger partial charge is 0.302 e. The van der Waals surface area contributed by atoms with Gasteiger partial charge in [-0.15, -0.1) is 0 Å². The maximum atomic E-state index is 12.6. The monoisotopic (exact) mass is 286 g/mol. The molecule has 2 unspecified atom stereocenters. The van der Waals surface area contributed by atoms with Crippen LogP contribution in [0, 0.1) is 38.9 Å². The zero-order valence-corrected chi connectivity index (χ0v) is 12.1. The fourth-order valence-electron chi connectivity index (χ4n) is 4.82. The minimum atomic E-state index is -1.30. The first kappa shape index (κ1) is 14.0. The number of nitrogens with one attached hydrogen (secondary N) is 1. The number of likely N-dealkylation sites (tertiary alicyclic amines) is 1. The van der Waals surface area contributed by atoms with Crippen LogP contribution in [-0.2, 0) is 9.59 Å². The van der Waals surface area contributed by atoms with Gasteiger partial charge in [0.25, 0.3) is 0 Å². The Labute approximate surface area is 123 Å². The molecule has 2 aliphatic heterocycles. The van der Waals surface area contributed by atoms with Crippen molar-refractivity contribution < 1.29 is 9.59 Å². The molecule has 1 N–H and O–H groups in total. The Morgan fingerprint density at radius 3 is 1.90 bits per heavy atom.